The number of fused-ring (bicyclic) bond motifs is 2. The van der Waals surface area contributed by atoms with Crippen molar-refractivity contribution in [2.75, 3.05) is 5.32 Å². The molecule has 0 bridgehead atoms. The van der Waals surface area contributed by atoms with Crippen LogP contribution in [0.2, 0.25) is 0 Å². The van der Waals surface area contributed by atoms with Gasteiger partial charge in [-0.25, -0.2) is 4.98 Å². The average molecular weight is 265 g/mol. The van der Waals surface area contributed by atoms with E-state index >= 15 is 0 Å². The second-order valence-corrected chi connectivity index (χ2v) is 5.20. The number of nitrogens with zero attached hydrogens (tertiary/aromatic N) is 3. The van der Waals surface area contributed by atoms with Crippen molar-refractivity contribution in [1.82, 2.24) is 20.2 Å². The Balaban J connectivity index is 1.68. The molecule has 3 aromatic rings. The van der Waals surface area contributed by atoms with Crippen LogP contribution in [0.4, 0.5) is 5.95 Å². The van der Waals surface area contributed by atoms with Crippen LogP contribution >= 0.6 is 0 Å². The van der Waals surface area contributed by atoms with Gasteiger partial charge in [0, 0.05) is 0 Å². The van der Waals surface area contributed by atoms with Crippen LogP contribution in [0.5, 0.6) is 0 Å². The molecular weight excluding hydrogens is 250 g/mol. The van der Waals surface area contributed by atoms with E-state index in [9.17, 15) is 0 Å². The second-order valence-electron chi connectivity index (χ2n) is 5.20. The summed E-state index contributed by atoms with van der Waals surface area (Å²) < 4.78 is 0. The third-order valence-electron chi connectivity index (χ3n) is 3.94. The highest BCUT2D eigenvalue weighted by molar-refractivity contribution is 5.77. The van der Waals surface area contributed by atoms with Gasteiger partial charge in [-0.05, 0) is 30.9 Å². The highest BCUT2D eigenvalue weighted by Gasteiger charge is 2.22. The minimum absolute atomic E-state index is 0.297. The zero-order chi connectivity index (χ0) is 13.5. The maximum absolute atomic E-state index is 4.53. The number of aryl methyl sites for hydroxylation is 2. The Morgan fingerprint density at radius 3 is 3.10 bits per heavy atom. The molecule has 0 amide bonds. The topological polar surface area (TPSA) is 66.5 Å². The summed E-state index contributed by atoms with van der Waals surface area (Å²) in [5.41, 5.74) is 4.51. The molecule has 2 heterocycles. The number of hydrogen-bond acceptors (Lipinski definition) is 4. The zero-order valence-corrected chi connectivity index (χ0v) is 11.2. The summed E-state index contributed by atoms with van der Waals surface area (Å²) >= 11 is 0. The molecule has 20 heavy (non-hydrogen) atoms. The van der Waals surface area contributed by atoms with Gasteiger partial charge in [-0.3, -0.25) is 5.10 Å². The van der Waals surface area contributed by atoms with Crippen LogP contribution in [0.3, 0.4) is 0 Å². The molecule has 0 saturated carbocycles. The number of nitrogens with one attached hydrogen (secondary N) is 2. The first-order valence-electron chi connectivity index (χ1n) is 6.83. The van der Waals surface area contributed by atoms with E-state index in [2.05, 4.69) is 49.7 Å². The van der Waals surface area contributed by atoms with Crippen LogP contribution in [-0.2, 0) is 6.42 Å². The van der Waals surface area contributed by atoms with Crippen LogP contribution in [0.1, 0.15) is 29.3 Å². The maximum atomic E-state index is 4.53. The molecule has 1 aliphatic rings. The molecule has 100 valence electrons. The van der Waals surface area contributed by atoms with Crippen LogP contribution < -0.4 is 5.32 Å². The molecule has 0 radical (unpaired) electrons. The van der Waals surface area contributed by atoms with E-state index in [1.165, 1.54) is 11.1 Å². The molecule has 0 saturated heterocycles. The predicted octanol–water partition coefficient (Wildman–Crippen LogP) is 2.76. The van der Waals surface area contributed by atoms with Crippen LogP contribution in [0, 0.1) is 6.92 Å². The summed E-state index contributed by atoms with van der Waals surface area (Å²) in [7, 11) is 0. The number of hydrogen-bond donors (Lipinski definition) is 2. The van der Waals surface area contributed by atoms with Crippen molar-refractivity contribution in [3.05, 3.63) is 47.3 Å². The van der Waals surface area contributed by atoms with Gasteiger partial charge in [0.1, 0.15) is 0 Å². The summed E-state index contributed by atoms with van der Waals surface area (Å²) in [6.07, 6.45) is 3.96. The highest BCUT2D eigenvalue weighted by Crippen LogP contribution is 2.33. The molecule has 1 atom stereocenters. The van der Waals surface area contributed by atoms with Crippen molar-refractivity contribution in [3.63, 3.8) is 0 Å². The first-order valence-corrected chi connectivity index (χ1v) is 6.83. The summed E-state index contributed by atoms with van der Waals surface area (Å²) in [5, 5.41) is 11.3. The van der Waals surface area contributed by atoms with E-state index in [0.29, 0.717) is 12.0 Å². The fourth-order valence-corrected chi connectivity index (χ4v) is 2.91. The van der Waals surface area contributed by atoms with Crippen LogP contribution in [0.25, 0.3) is 11.0 Å². The molecule has 1 aliphatic carbocycles. The maximum Gasteiger partial charge on any atom is 0.225 e. The van der Waals surface area contributed by atoms with E-state index in [0.717, 1.165) is 29.6 Å². The quantitative estimate of drug-likeness (QED) is 0.747. The van der Waals surface area contributed by atoms with Crippen molar-refractivity contribution in [1.29, 1.82) is 0 Å². The van der Waals surface area contributed by atoms with Crippen molar-refractivity contribution >= 4 is 17.0 Å². The molecule has 0 aliphatic heterocycles. The Morgan fingerprint density at radius 1 is 1.25 bits per heavy atom. The Bertz CT molecular complexity index is 777. The first kappa shape index (κ1) is 11.4. The molecule has 1 aromatic carbocycles. The molecule has 5 nitrogen and oxygen atoms in total. The van der Waals surface area contributed by atoms with E-state index in [4.69, 9.17) is 0 Å². The zero-order valence-electron chi connectivity index (χ0n) is 11.2. The Labute approximate surface area is 116 Å². The summed E-state index contributed by atoms with van der Waals surface area (Å²) in [5.74, 6) is 0.668. The molecule has 5 heteroatoms. The van der Waals surface area contributed by atoms with Gasteiger partial charge < -0.3 is 5.32 Å². The molecule has 1 unspecified atom stereocenters. The molecular formula is C15H15N5. The van der Waals surface area contributed by atoms with Gasteiger partial charge in [0.05, 0.1) is 23.3 Å². The van der Waals surface area contributed by atoms with Gasteiger partial charge in [0.2, 0.25) is 5.95 Å². The van der Waals surface area contributed by atoms with Gasteiger partial charge in [0.25, 0.3) is 0 Å². The lowest BCUT2D eigenvalue weighted by atomic mass is 10.1. The van der Waals surface area contributed by atoms with Crippen molar-refractivity contribution in [3.8, 4) is 0 Å². The lowest BCUT2D eigenvalue weighted by Crippen LogP contribution is -2.10. The van der Waals surface area contributed by atoms with Gasteiger partial charge in [-0.2, -0.15) is 10.1 Å². The van der Waals surface area contributed by atoms with Gasteiger partial charge in [-0.1, -0.05) is 24.3 Å². The normalized spacial score (nSPS) is 17.4. The lowest BCUT2D eigenvalue weighted by Gasteiger charge is -2.14. The van der Waals surface area contributed by atoms with Gasteiger partial charge in [-0.15, -0.1) is 0 Å². The minimum Gasteiger partial charge on any atom is -0.347 e. The smallest absolute Gasteiger partial charge is 0.225 e. The Kier molecular flexibility index (Phi) is 2.45. The van der Waals surface area contributed by atoms with E-state index in [-0.39, 0.29) is 0 Å². The Hall–Kier alpha value is -2.43. The minimum atomic E-state index is 0.297. The largest absolute Gasteiger partial charge is 0.347 e. The number of benzene rings is 1. The van der Waals surface area contributed by atoms with E-state index in [1.807, 2.05) is 6.92 Å². The molecule has 2 N–H and O–H groups in total. The fourth-order valence-electron chi connectivity index (χ4n) is 2.91. The first-order chi connectivity index (χ1) is 9.81. The van der Waals surface area contributed by atoms with Crippen molar-refractivity contribution in [2.45, 2.75) is 25.8 Å². The molecule has 0 fully saturated rings. The van der Waals surface area contributed by atoms with Crippen molar-refractivity contribution < 1.29 is 0 Å². The summed E-state index contributed by atoms with van der Waals surface area (Å²) in [6, 6.07) is 8.86. The standard InChI is InChI=1S/C15H15N5/c1-9-12-8-16-20-14(12)19-15(17-9)18-13-7-6-10-4-2-3-5-11(10)13/h2-5,8,13H,6-7H2,1H3,(H2,16,17,18,19,20). The number of aromatic amines is 1. The third-order valence-corrected chi connectivity index (χ3v) is 3.94. The SMILES string of the molecule is Cc1nc(NC2CCc3ccccc32)nc2[nH]ncc12. The lowest BCUT2D eigenvalue weighted by molar-refractivity contribution is 0.751. The van der Waals surface area contributed by atoms with Crippen LogP contribution in [0.15, 0.2) is 30.5 Å². The number of rotatable bonds is 2. The predicted molar refractivity (Wildman–Crippen MR) is 77.5 cm³/mol. The summed E-state index contributed by atoms with van der Waals surface area (Å²) in [6.45, 7) is 1.98. The second kappa shape index (κ2) is 4.30. The molecule has 4 rings (SSSR count). The van der Waals surface area contributed by atoms with Gasteiger partial charge >= 0.3 is 0 Å². The Morgan fingerprint density at radius 2 is 2.15 bits per heavy atom. The number of H-pyrrole nitrogens is 1. The van der Waals surface area contributed by atoms with Gasteiger partial charge in [0.15, 0.2) is 5.65 Å². The molecule has 2 aromatic heterocycles. The third kappa shape index (κ3) is 1.74. The monoisotopic (exact) mass is 265 g/mol. The van der Waals surface area contributed by atoms with Crippen LogP contribution in [-0.4, -0.2) is 20.2 Å². The average Bonchev–Trinajstić information content (AvgIpc) is 3.07. The highest BCUT2D eigenvalue weighted by atomic mass is 15.2. The number of anilines is 1. The van der Waals surface area contributed by atoms with E-state index < -0.39 is 0 Å². The number of aromatic nitrogens is 4. The van der Waals surface area contributed by atoms with E-state index in [1.54, 1.807) is 6.20 Å². The molecule has 0 spiro atoms. The fraction of sp³-hybridized carbons (Fsp3) is 0.267. The van der Waals surface area contributed by atoms with Crippen molar-refractivity contribution in [2.24, 2.45) is 0 Å². The summed E-state index contributed by atoms with van der Waals surface area (Å²) in [4.78, 5) is 9.02.